The number of alkyl halides is 3. The van der Waals surface area contributed by atoms with E-state index in [2.05, 4.69) is 36.4 Å². The standard InChI is InChI=1S/C17H11BrF3N5O3/c18-12-6-5-9(28-12)7-22-14(27)15-24-13(25-29-15)8-26-11-4-2-1-3-10(11)23-16(26)17(19,20)21/h1-6H,7-8H2,(H,22,27). The van der Waals surface area contributed by atoms with Gasteiger partial charge in [-0.25, -0.2) is 4.98 Å². The summed E-state index contributed by atoms with van der Waals surface area (Å²) < 4.78 is 51.7. The summed E-state index contributed by atoms with van der Waals surface area (Å²) in [5.74, 6) is -1.74. The van der Waals surface area contributed by atoms with Crippen LogP contribution in [-0.2, 0) is 19.3 Å². The molecule has 1 aromatic carbocycles. The number of rotatable bonds is 5. The molecule has 0 saturated carbocycles. The Morgan fingerprint density at radius 1 is 1.17 bits per heavy atom. The second kappa shape index (κ2) is 7.35. The van der Waals surface area contributed by atoms with E-state index in [1.807, 2.05) is 0 Å². The average molecular weight is 470 g/mol. The molecule has 0 aliphatic heterocycles. The molecule has 4 rings (SSSR count). The molecule has 1 amide bonds. The lowest BCUT2D eigenvalue weighted by atomic mass is 10.3. The summed E-state index contributed by atoms with van der Waals surface area (Å²) in [4.78, 5) is 19.7. The number of benzene rings is 1. The largest absolute Gasteiger partial charge is 0.452 e. The SMILES string of the molecule is O=C(NCc1ccc(Br)o1)c1nc(Cn2c(C(F)(F)F)nc3ccccc32)no1. The first-order valence-electron chi connectivity index (χ1n) is 8.19. The van der Waals surface area contributed by atoms with E-state index in [1.54, 1.807) is 24.3 Å². The van der Waals surface area contributed by atoms with Gasteiger partial charge in [0.1, 0.15) is 5.76 Å². The number of para-hydroxylation sites is 2. The molecule has 0 radical (unpaired) electrons. The Balaban J connectivity index is 1.54. The predicted molar refractivity (Wildman–Crippen MR) is 95.7 cm³/mol. The Kier molecular flexibility index (Phi) is 4.86. The number of nitrogens with zero attached hydrogens (tertiary/aromatic N) is 4. The fraction of sp³-hybridized carbons (Fsp3) is 0.176. The highest BCUT2D eigenvalue weighted by molar-refractivity contribution is 9.10. The van der Waals surface area contributed by atoms with Crippen LogP contribution >= 0.6 is 15.9 Å². The molecule has 150 valence electrons. The number of imidazole rings is 1. The van der Waals surface area contributed by atoms with Crippen molar-refractivity contribution in [1.29, 1.82) is 0 Å². The normalized spacial score (nSPS) is 11.9. The number of halogens is 4. The van der Waals surface area contributed by atoms with Gasteiger partial charge in [0.2, 0.25) is 5.82 Å². The van der Waals surface area contributed by atoms with Gasteiger partial charge >= 0.3 is 18.0 Å². The Hall–Kier alpha value is -3.15. The third-order valence-electron chi connectivity index (χ3n) is 3.92. The summed E-state index contributed by atoms with van der Waals surface area (Å²) in [7, 11) is 0. The minimum atomic E-state index is -4.67. The molecule has 0 aliphatic rings. The summed E-state index contributed by atoms with van der Waals surface area (Å²) in [6.07, 6.45) is -4.67. The molecule has 29 heavy (non-hydrogen) atoms. The monoisotopic (exact) mass is 469 g/mol. The average Bonchev–Trinajstić information content (AvgIpc) is 3.39. The van der Waals surface area contributed by atoms with Crippen molar-refractivity contribution in [1.82, 2.24) is 25.0 Å². The van der Waals surface area contributed by atoms with Gasteiger partial charge < -0.3 is 18.8 Å². The van der Waals surface area contributed by atoms with Crippen LogP contribution in [0.1, 0.15) is 28.1 Å². The Bertz CT molecular complexity index is 1180. The number of carbonyl (C=O) groups is 1. The van der Waals surface area contributed by atoms with Crippen molar-refractivity contribution in [3.8, 4) is 0 Å². The number of amides is 1. The smallest absolute Gasteiger partial charge is 0.449 e. The van der Waals surface area contributed by atoms with E-state index in [0.717, 1.165) is 4.57 Å². The lowest BCUT2D eigenvalue weighted by Crippen LogP contribution is -2.23. The fourth-order valence-corrected chi connectivity index (χ4v) is 3.03. The van der Waals surface area contributed by atoms with Gasteiger partial charge in [0.15, 0.2) is 10.5 Å². The summed E-state index contributed by atoms with van der Waals surface area (Å²) in [5, 5.41) is 6.12. The van der Waals surface area contributed by atoms with Crippen LogP contribution in [0.4, 0.5) is 13.2 Å². The number of nitrogens with one attached hydrogen (secondary N) is 1. The van der Waals surface area contributed by atoms with Crippen LogP contribution in [0.5, 0.6) is 0 Å². The van der Waals surface area contributed by atoms with E-state index >= 15 is 0 Å². The number of fused-ring (bicyclic) bond motifs is 1. The topological polar surface area (TPSA) is 99.0 Å². The van der Waals surface area contributed by atoms with Crippen molar-refractivity contribution in [2.45, 2.75) is 19.3 Å². The third-order valence-corrected chi connectivity index (χ3v) is 4.35. The summed E-state index contributed by atoms with van der Waals surface area (Å²) in [5.41, 5.74) is 0.449. The fourth-order valence-electron chi connectivity index (χ4n) is 2.69. The van der Waals surface area contributed by atoms with Gasteiger partial charge in [-0.1, -0.05) is 17.3 Å². The van der Waals surface area contributed by atoms with Crippen LogP contribution in [0.3, 0.4) is 0 Å². The molecule has 3 aromatic heterocycles. The highest BCUT2D eigenvalue weighted by Gasteiger charge is 2.38. The van der Waals surface area contributed by atoms with Crippen molar-refractivity contribution in [2.75, 3.05) is 0 Å². The zero-order valence-corrected chi connectivity index (χ0v) is 16.0. The van der Waals surface area contributed by atoms with Crippen LogP contribution in [-0.4, -0.2) is 25.6 Å². The van der Waals surface area contributed by atoms with Crippen molar-refractivity contribution < 1.29 is 26.9 Å². The molecule has 3 heterocycles. The van der Waals surface area contributed by atoms with E-state index in [9.17, 15) is 18.0 Å². The highest BCUT2D eigenvalue weighted by Crippen LogP contribution is 2.31. The van der Waals surface area contributed by atoms with Crippen molar-refractivity contribution >= 4 is 32.9 Å². The molecular formula is C17H11BrF3N5O3. The number of carbonyl (C=O) groups excluding carboxylic acids is 1. The Morgan fingerprint density at radius 3 is 2.69 bits per heavy atom. The van der Waals surface area contributed by atoms with Crippen LogP contribution in [0, 0.1) is 0 Å². The predicted octanol–water partition coefficient (Wildman–Crippen LogP) is 3.77. The van der Waals surface area contributed by atoms with Gasteiger partial charge in [-0.2, -0.15) is 18.2 Å². The van der Waals surface area contributed by atoms with Crippen LogP contribution < -0.4 is 5.32 Å². The van der Waals surface area contributed by atoms with Crippen molar-refractivity contribution in [3.05, 3.63) is 64.4 Å². The quantitative estimate of drug-likeness (QED) is 0.477. The third kappa shape index (κ3) is 4.01. The lowest BCUT2D eigenvalue weighted by Gasteiger charge is -2.09. The molecule has 0 atom stereocenters. The zero-order valence-electron chi connectivity index (χ0n) is 14.4. The van der Waals surface area contributed by atoms with E-state index in [0.29, 0.717) is 10.4 Å². The molecule has 0 aliphatic carbocycles. The highest BCUT2D eigenvalue weighted by atomic mass is 79.9. The molecular weight excluding hydrogens is 459 g/mol. The van der Waals surface area contributed by atoms with Gasteiger partial charge in [0, 0.05) is 0 Å². The van der Waals surface area contributed by atoms with Crippen LogP contribution in [0.25, 0.3) is 11.0 Å². The molecule has 8 nitrogen and oxygen atoms in total. The maximum absolute atomic E-state index is 13.4. The second-order valence-corrected chi connectivity index (χ2v) is 6.69. The number of aromatic nitrogens is 4. The molecule has 12 heteroatoms. The van der Waals surface area contributed by atoms with Crippen molar-refractivity contribution in [3.63, 3.8) is 0 Å². The van der Waals surface area contributed by atoms with Gasteiger partial charge in [0.05, 0.1) is 24.1 Å². The molecule has 0 bridgehead atoms. The van der Waals surface area contributed by atoms with E-state index in [1.165, 1.54) is 12.1 Å². The van der Waals surface area contributed by atoms with Gasteiger partial charge in [-0.15, -0.1) is 0 Å². The number of hydrogen-bond acceptors (Lipinski definition) is 6. The summed E-state index contributed by atoms with van der Waals surface area (Å²) in [6, 6.07) is 9.50. The first-order valence-corrected chi connectivity index (χ1v) is 8.98. The molecule has 0 fully saturated rings. The maximum Gasteiger partial charge on any atom is 0.449 e. The van der Waals surface area contributed by atoms with Crippen LogP contribution in [0.2, 0.25) is 0 Å². The minimum Gasteiger partial charge on any atom is -0.452 e. The number of hydrogen-bond donors (Lipinski definition) is 1. The van der Waals surface area contributed by atoms with Crippen LogP contribution in [0.15, 0.2) is 50.0 Å². The second-order valence-electron chi connectivity index (χ2n) is 5.91. The number of furan rings is 1. The van der Waals surface area contributed by atoms with E-state index < -0.39 is 17.9 Å². The molecule has 4 aromatic rings. The van der Waals surface area contributed by atoms with Crippen molar-refractivity contribution in [2.24, 2.45) is 0 Å². The van der Waals surface area contributed by atoms with Gasteiger partial charge in [0.25, 0.3) is 0 Å². The molecule has 0 spiro atoms. The minimum absolute atomic E-state index is 0.0759. The van der Waals surface area contributed by atoms with E-state index in [4.69, 9.17) is 8.94 Å². The zero-order chi connectivity index (χ0) is 20.6. The Morgan fingerprint density at radius 2 is 1.97 bits per heavy atom. The Labute approximate surface area is 168 Å². The summed E-state index contributed by atoms with van der Waals surface area (Å²) >= 11 is 3.14. The summed E-state index contributed by atoms with van der Waals surface area (Å²) in [6.45, 7) is -0.288. The lowest BCUT2D eigenvalue weighted by molar-refractivity contribution is -0.146. The molecule has 0 saturated heterocycles. The van der Waals surface area contributed by atoms with Gasteiger partial charge in [-0.05, 0) is 40.2 Å². The van der Waals surface area contributed by atoms with Gasteiger partial charge in [-0.3, -0.25) is 4.79 Å². The van der Waals surface area contributed by atoms with E-state index in [-0.39, 0.29) is 35.8 Å². The molecule has 1 N–H and O–H groups in total. The first kappa shape index (κ1) is 19.2. The maximum atomic E-state index is 13.4. The molecule has 0 unspecified atom stereocenters. The first-order chi connectivity index (χ1) is 13.8.